The van der Waals surface area contributed by atoms with Crippen LogP contribution in [-0.4, -0.2) is 70.7 Å². The van der Waals surface area contributed by atoms with Gasteiger partial charge in [0.25, 0.3) is 7.82 Å². The van der Waals surface area contributed by atoms with Crippen LogP contribution in [0.25, 0.3) is 0 Å². The molecule has 8 nitrogen and oxygen atoms in total. The van der Waals surface area contributed by atoms with Crippen LogP contribution in [0.3, 0.4) is 0 Å². The Morgan fingerprint density at radius 3 is 1.38 bits per heavy atom. The second-order valence-corrected chi connectivity index (χ2v) is 16.4. The molecule has 48 heavy (non-hydrogen) atoms. The van der Waals surface area contributed by atoms with Gasteiger partial charge in [0.05, 0.1) is 34.4 Å². The third-order valence-corrected chi connectivity index (χ3v) is 9.87. The van der Waals surface area contributed by atoms with E-state index in [4.69, 9.17) is 18.5 Å². The molecule has 0 aromatic carbocycles. The Kier molecular flexibility index (Phi) is 33.3. The van der Waals surface area contributed by atoms with Gasteiger partial charge in [-0.1, -0.05) is 168 Å². The first-order valence-corrected chi connectivity index (χ1v) is 21.7. The van der Waals surface area contributed by atoms with Crippen LogP contribution >= 0.6 is 7.82 Å². The number of hydrogen-bond acceptors (Lipinski definition) is 7. The fourth-order valence-electron chi connectivity index (χ4n) is 5.72. The molecule has 0 aliphatic rings. The zero-order valence-corrected chi connectivity index (χ0v) is 33.4. The molecule has 0 aliphatic heterocycles. The molecule has 0 N–H and O–H groups in total. The van der Waals surface area contributed by atoms with E-state index >= 15 is 0 Å². The van der Waals surface area contributed by atoms with E-state index in [1.807, 2.05) is 21.1 Å². The minimum Gasteiger partial charge on any atom is -0.756 e. The smallest absolute Gasteiger partial charge is 0.306 e. The van der Waals surface area contributed by atoms with Gasteiger partial charge < -0.3 is 27.9 Å². The molecule has 0 amide bonds. The lowest BCUT2D eigenvalue weighted by atomic mass is 10.0. The molecule has 288 valence electrons. The summed E-state index contributed by atoms with van der Waals surface area (Å²) in [5.41, 5.74) is 0. The van der Waals surface area contributed by atoms with Gasteiger partial charge in [-0.25, -0.2) is 0 Å². The van der Waals surface area contributed by atoms with Crippen molar-refractivity contribution in [3.05, 3.63) is 0 Å². The van der Waals surface area contributed by atoms with Crippen LogP contribution in [0.15, 0.2) is 0 Å². The molecule has 9 heteroatoms. The number of nitrogens with zero attached hydrogens (tertiary/aromatic N) is 1. The fourth-order valence-corrected chi connectivity index (χ4v) is 6.45. The molecule has 0 heterocycles. The number of carbonyl (C=O) groups excluding carboxylic acids is 1. The number of phosphoric acid groups is 1. The van der Waals surface area contributed by atoms with E-state index in [2.05, 4.69) is 13.8 Å². The van der Waals surface area contributed by atoms with E-state index in [0.717, 1.165) is 32.1 Å². The quantitative estimate of drug-likeness (QED) is 0.0273. The number of likely N-dealkylation sites (N-methyl/N-ethyl adjacent to an activating group) is 1. The molecule has 0 aromatic heterocycles. The largest absolute Gasteiger partial charge is 0.756 e. The van der Waals surface area contributed by atoms with Crippen molar-refractivity contribution in [3.63, 3.8) is 0 Å². The summed E-state index contributed by atoms with van der Waals surface area (Å²) in [5.74, 6) is -0.331. The molecule has 0 saturated heterocycles. The summed E-state index contributed by atoms with van der Waals surface area (Å²) < 4.78 is 34.5. The highest BCUT2D eigenvalue weighted by Gasteiger charge is 2.20. The van der Waals surface area contributed by atoms with E-state index in [9.17, 15) is 14.3 Å². The first kappa shape index (κ1) is 47.5. The molecular weight excluding hydrogens is 625 g/mol. The SMILES string of the molecule is CCCCCCCCCCCCCCCOCC(COP(=O)([O-])OCC[N+](C)(C)C)OC(=O)CCCCCCCCCCCCCCC. The van der Waals surface area contributed by atoms with E-state index in [1.54, 1.807) is 0 Å². The molecule has 0 aromatic rings. The summed E-state index contributed by atoms with van der Waals surface area (Å²) >= 11 is 0. The highest BCUT2D eigenvalue weighted by Crippen LogP contribution is 2.38. The van der Waals surface area contributed by atoms with Crippen molar-refractivity contribution in [2.75, 3.05) is 54.1 Å². The molecule has 2 unspecified atom stereocenters. The predicted molar refractivity (Wildman–Crippen MR) is 199 cm³/mol. The van der Waals surface area contributed by atoms with Crippen molar-refractivity contribution >= 4 is 13.8 Å². The lowest BCUT2D eigenvalue weighted by Crippen LogP contribution is -2.37. The first-order chi connectivity index (χ1) is 23.1. The average molecular weight is 706 g/mol. The highest BCUT2D eigenvalue weighted by atomic mass is 31.2. The van der Waals surface area contributed by atoms with Crippen LogP contribution in [0.1, 0.15) is 187 Å². The summed E-state index contributed by atoms with van der Waals surface area (Å²) in [6, 6.07) is 0. The minimum atomic E-state index is -4.51. The second-order valence-electron chi connectivity index (χ2n) is 15.0. The van der Waals surface area contributed by atoms with Gasteiger partial charge in [0.2, 0.25) is 0 Å². The Bertz CT molecular complexity index is 746. The summed E-state index contributed by atoms with van der Waals surface area (Å²) in [6.07, 6.45) is 32.4. The van der Waals surface area contributed by atoms with Crippen LogP contribution in [0.4, 0.5) is 0 Å². The fraction of sp³-hybridized carbons (Fsp3) is 0.974. The van der Waals surface area contributed by atoms with Crippen molar-refractivity contribution in [1.82, 2.24) is 0 Å². The van der Waals surface area contributed by atoms with Gasteiger partial charge >= 0.3 is 5.97 Å². The number of hydrogen-bond donors (Lipinski definition) is 0. The maximum atomic E-state index is 12.6. The monoisotopic (exact) mass is 706 g/mol. The third kappa shape index (κ3) is 36.8. The van der Waals surface area contributed by atoms with Gasteiger partial charge in [0.15, 0.2) is 0 Å². The first-order valence-electron chi connectivity index (χ1n) is 20.3. The molecule has 2 atom stereocenters. The molecule has 0 radical (unpaired) electrons. The standard InChI is InChI=1S/C39H80NO7P/c1-6-8-10-12-14-16-18-20-22-24-26-28-30-32-39(41)47-38(37-46-48(42,43)45-35-33-40(3,4)5)36-44-34-31-29-27-25-23-21-19-17-15-13-11-9-7-2/h38H,6-37H2,1-5H3. The number of phosphoric ester groups is 1. The van der Waals surface area contributed by atoms with Gasteiger partial charge in [-0.2, -0.15) is 0 Å². The van der Waals surface area contributed by atoms with Crippen molar-refractivity contribution in [2.45, 2.75) is 193 Å². The maximum absolute atomic E-state index is 12.6. The van der Waals surface area contributed by atoms with Crippen molar-refractivity contribution in [2.24, 2.45) is 0 Å². The number of ether oxygens (including phenoxy) is 2. The van der Waals surface area contributed by atoms with Gasteiger partial charge in [-0.3, -0.25) is 9.36 Å². The highest BCUT2D eigenvalue weighted by molar-refractivity contribution is 7.45. The number of quaternary nitrogens is 1. The Morgan fingerprint density at radius 2 is 0.958 bits per heavy atom. The third-order valence-electron chi connectivity index (χ3n) is 8.91. The number of carbonyl (C=O) groups is 1. The summed E-state index contributed by atoms with van der Waals surface area (Å²) in [7, 11) is 1.37. The van der Waals surface area contributed by atoms with Crippen LogP contribution < -0.4 is 4.89 Å². The summed E-state index contributed by atoms with van der Waals surface area (Å²) in [4.78, 5) is 24.9. The van der Waals surface area contributed by atoms with Crippen LogP contribution in [0, 0.1) is 0 Å². The number of esters is 1. The zero-order chi connectivity index (χ0) is 35.6. The van der Waals surface area contributed by atoms with Crippen LogP contribution in [0.2, 0.25) is 0 Å². The Balaban J connectivity index is 4.24. The van der Waals surface area contributed by atoms with Gasteiger partial charge in [0.1, 0.15) is 19.3 Å². The van der Waals surface area contributed by atoms with Crippen molar-refractivity contribution < 1.29 is 37.3 Å². The summed E-state index contributed by atoms with van der Waals surface area (Å²) in [6.45, 7) is 5.44. The molecule has 0 saturated carbocycles. The van der Waals surface area contributed by atoms with E-state index in [1.165, 1.54) is 135 Å². The van der Waals surface area contributed by atoms with E-state index in [0.29, 0.717) is 24.1 Å². The lowest BCUT2D eigenvalue weighted by Gasteiger charge is -2.28. The van der Waals surface area contributed by atoms with Crippen LogP contribution in [0.5, 0.6) is 0 Å². The molecule has 0 fully saturated rings. The lowest BCUT2D eigenvalue weighted by molar-refractivity contribution is -0.870. The molecule has 0 aliphatic carbocycles. The maximum Gasteiger partial charge on any atom is 0.306 e. The Labute approximate surface area is 298 Å². The van der Waals surface area contributed by atoms with Crippen molar-refractivity contribution in [1.29, 1.82) is 0 Å². The van der Waals surface area contributed by atoms with Crippen LogP contribution in [-0.2, 0) is 27.9 Å². The molecular formula is C39H80NO7P. The van der Waals surface area contributed by atoms with Crippen molar-refractivity contribution in [3.8, 4) is 0 Å². The van der Waals surface area contributed by atoms with E-state index in [-0.39, 0.29) is 25.8 Å². The summed E-state index contributed by atoms with van der Waals surface area (Å²) in [5, 5.41) is 0. The predicted octanol–water partition coefficient (Wildman–Crippen LogP) is 10.7. The minimum absolute atomic E-state index is 0.0311. The van der Waals surface area contributed by atoms with Gasteiger partial charge in [-0.05, 0) is 12.8 Å². The number of unbranched alkanes of at least 4 members (excludes halogenated alkanes) is 24. The topological polar surface area (TPSA) is 94.1 Å². The normalized spacial score (nSPS) is 13.9. The zero-order valence-electron chi connectivity index (χ0n) is 32.5. The number of rotatable bonds is 38. The van der Waals surface area contributed by atoms with Gasteiger partial charge in [-0.15, -0.1) is 0 Å². The van der Waals surface area contributed by atoms with E-state index < -0.39 is 13.9 Å². The molecule has 0 bridgehead atoms. The van der Waals surface area contributed by atoms with Gasteiger partial charge in [0, 0.05) is 13.0 Å². The Hall–Kier alpha value is -0.500. The average Bonchev–Trinajstić information content (AvgIpc) is 3.03. The Morgan fingerprint density at radius 1 is 0.562 bits per heavy atom. The molecule has 0 spiro atoms. The second kappa shape index (κ2) is 33.6. The molecule has 0 rings (SSSR count).